The first-order valence-electron chi connectivity index (χ1n) is 7.10. The molecule has 1 amide bonds. The van der Waals surface area contributed by atoms with Gasteiger partial charge in [-0.2, -0.15) is 11.8 Å². The zero-order chi connectivity index (χ0) is 14.9. The van der Waals surface area contributed by atoms with Crippen molar-refractivity contribution in [3.63, 3.8) is 0 Å². The van der Waals surface area contributed by atoms with Crippen molar-refractivity contribution in [2.45, 2.75) is 31.4 Å². The molecule has 0 radical (unpaired) electrons. The smallest absolute Gasteiger partial charge is 0.225 e. The number of thioether (sulfide) groups is 1. The van der Waals surface area contributed by atoms with Gasteiger partial charge in [0.05, 0.1) is 29.6 Å². The zero-order valence-electron chi connectivity index (χ0n) is 11.8. The Morgan fingerprint density at radius 1 is 1.38 bits per heavy atom. The first-order chi connectivity index (χ1) is 10.1. The normalized spacial score (nSPS) is 18.0. The van der Waals surface area contributed by atoms with E-state index in [1.807, 2.05) is 40.6 Å². The molecule has 1 fully saturated rings. The largest absolute Gasteiger partial charge is 0.388 e. The molecule has 1 saturated heterocycles. The number of primary amides is 1. The second kappa shape index (κ2) is 5.69. The quantitative estimate of drug-likeness (QED) is 0.893. The van der Waals surface area contributed by atoms with Gasteiger partial charge in [0.2, 0.25) is 5.91 Å². The van der Waals surface area contributed by atoms with E-state index in [9.17, 15) is 9.90 Å². The van der Waals surface area contributed by atoms with Gasteiger partial charge in [0.15, 0.2) is 0 Å². The van der Waals surface area contributed by atoms with E-state index < -0.39 is 11.5 Å². The maximum absolute atomic E-state index is 11.3. The number of aromatic nitrogens is 2. The third-order valence-corrected chi connectivity index (χ3v) is 4.93. The predicted octanol–water partition coefficient (Wildman–Crippen LogP) is 1.32. The van der Waals surface area contributed by atoms with Crippen LogP contribution in [0.1, 0.15) is 18.7 Å². The summed E-state index contributed by atoms with van der Waals surface area (Å²) in [6, 6.07) is 7.74. The summed E-state index contributed by atoms with van der Waals surface area (Å²) in [4.78, 5) is 15.8. The van der Waals surface area contributed by atoms with Crippen LogP contribution in [0.5, 0.6) is 0 Å². The van der Waals surface area contributed by atoms with Gasteiger partial charge in [0, 0.05) is 0 Å². The third-order valence-electron chi connectivity index (χ3n) is 3.94. The van der Waals surface area contributed by atoms with E-state index in [-0.39, 0.29) is 6.42 Å². The molecule has 0 spiro atoms. The Morgan fingerprint density at radius 2 is 2.10 bits per heavy atom. The Labute approximate surface area is 127 Å². The predicted molar refractivity (Wildman–Crippen MR) is 84.1 cm³/mol. The average Bonchev–Trinajstić information content (AvgIpc) is 2.76. The minimum atomic E-state index is -0.721. The maximum atomic E-state index is 11.3. The van der Waals surface area contributed by atoms with Gasteiger partial charge in [-0.1, -0.05) is 12.1 Å². The van der Waals surface area contributed by atoms with E-state index in [1.165, 1.54) is 0 Å². The van der Waals surface area contributed by atoms with Crippen LogP contribution in [-0.2, 0) is 17.8 Å². The van der Waals surface area contributed by atoms with Crippen molar-refractivity contribution in [1.82, 2.24) is 9.55 Å². The summed E-state index contributed by atoms with van der Waals surface area (Å²) in [5.41, 5.74) is 6.38. The molecule has 1 aromatic heterocycles. The number of hydrogen-bond donors (Lipinski definition) is 2. The Kier molecular flexibility index (Phi) is 3.91. The number of imidazole rings is 1. The van der Waals surface area contributed by atoms with Gasteiger partial charge in [0.25, 0.3) is 0 Å². The van der Waals surface area contributed by atoms with E-state index in [4.69, 9.17) is 5.73 Å². The number of carbonyl (C=O) groups excluding carboxylic acids is 1. The lowest BCUT2D eigenvalue weighted by molar-refractivity contribution is -0.117. The molecule has 112 valence electrons. The summed E-state index contributed by atoms with van der Waals surface area (Å²) in [7, 11) is 0. The molecule has 3 rings (SSSR count). The average molecular weight is 305 g/mol. The molecule has 0 saturated carbocycles. The van der Waals surface area contributed by atoms with Crippen LogP contribution in [0, 0.1) is 0 Å². The van der Waals surface area contributed by atoms with Gasteiger partial charge in [-0.05, 0) is 36.5 Å². The van der Waals surface area contributed by atoms with Gasteiger partial charge >= 0.3 is 0 Å². The fourth-order valence-electron chi connectivity index (χ4n) is 2.80. The molecule has 3 N–H and O–H groups in total. The van der Waals surface area contributed by atoms with E-state index in [0.29, 0.717) is 12.4 Å². The zero-order valence-corrected chi connectivity index (χ0v) is 12.6. The molecule has 0 bridgehead atoms. The molecule has 1 aromatic carbocycles. The second-order valence-corrected chi connectivity index (χ2v) is 6.81. The van der Waals surface area contributed by atoms with Crippen molar-refractivity contribution in [3.8, 4) is 0 Å². The molecular formula is C15H19N3O2S. The van der Waals surface area contributed by atoms with Gasteiger partial charge in [0.1, 0.15) is 5.82 Å². The molecule has 0 unspecified atom stereocenters. The number of nitrogens with two attached hydrogens (primary N) is 1. The highest BCUT2D eigenvalue weighted by Gasteiger charge is 2.31. The van der Waals surface area contributed by atoms with E-state index in [0.717, 1.165) is 35.4 Å². The van der Waals surface area contributed by atoms with E-state index in [1.54, 1.807) is 0 Å². The molecular weight excluding hydrogens is 286 g/mol. The van der Waals surface area contributed by atoms with Crippen molar-refractivity contribution < 1.29 is 9.90 Å². The molecule has 0 aliphatic carbocycles. The Morgan fingerprint density at radius 3 is 2.81 bits per heavy atom. The Hall–Kier alpha value is -1.53. The van der Waals surface area contributed by atoms with Crippen LogP contribution in [0.15, 0.2) is 24.3 Å². The van der Waals surface area contributed by atoms with Crippen LogP contribution in [0.25, 0.3) is 11.0 Å². The highest BCUT2D eigenvalue weighted by molar-refractivity contribution is 7.99. The number of fused-ring (bicyclic) bond motifs is 1. The van der Waals surface area contributed by atoms with Crippen LogP contribution < -0.4 is 5.73 Å². The molecule has 1 aliphatic rings. The summed E-state index contributed by atoms with van der Waals surface area (Å²) in [5, 5.41) is 10.8. The number of rotatable bonds is 4. The lowest BCUT2D eigenvalue weighted by Crippen LogP contribution is -2.38. The fourth-order valence-corrected chi connectivity index (χ4v) is 4.05. The number of amides is 1. The molecule has 6 heteroatoms. The highest BCUT2D eigenvalue weighted by atomic mass is 32.2. The fraction of sp³-hybridized carbons (Fsp3) is 0.467. The van der Waals surface area contributed by atoms with Gasteiger partial charge in [-0.3, -0.25) is 4.79 Å². The third kappa shape index (κ3) is 3.06. The number of carbonyl (C=O) groups is 1. The molecule has 5 nitrogen and oxygen atoms in total. The molecule has 2 heterocycles. The van der Waals surface area contributed by atoms with Crippen LogP contribution in [-0.4, -0.2) is 37.7 Å². The number of benzene rings is 1. The summed E-state index contributed by atoms with van der Waals surface area (Å²) in [6.45, 7) is 0.469. The molecule has 1 aliphatic heterocycles. The van der Waals surface area contributed by atoms with Crippen molar-refractivity contribution in [2.75, 3.05) is 11.5 Å². The van der Waals surface area contributed by atoms with Crippen LogP contribution >= 0.6 is 11.8 Å². The maximum Gasteiger partial charge on any atom is 0.225 e. The number of aliphatic hydroxyl groups is 1. The molecule has 0 atom stereocenters. The molecule has 21 heavy (non-hydrogen) atoms. The Bertz CT molecular complexity index is 662. The van der Waals surface area contributed by atoms with Crippen LogP contribution in [0.2, 0.25) is 0 Å². The lowest BCUT2D eigenvalue weighted by atomic mass is 9.96. The summed E-state index contributed by atoms with van der Waals surface area (Å²) < 4.78 is 1.95. The van der Waals surface area contributed by atoms with E-state index in [2.05, 4.69) is 4.98 Å². The standard InChI is InChI=1S/C15H19N3O2S/c16-13(19)9-14-17-11-3-1-2-4-12(11)18(14)10-15(20)5-7-21-8-6-15/h1-4,20H,5-10H2,(H2,16,19). The first-order valence-corrected chi connectivity index (χ1v) is 8.25. The summed E-state index contributed by atoms with van der Waals surface area (Å²) >= 11 is 1.87. The highest BCUT2D eigenvalue weighted by Crippen LogP contribution is 2.30. The first kappa shape index (κ1) is 14.4. The van der Waals surface area contributed by atoms with Gasteiger partial charge in [-0.15, -0.1) is 0 Å². The molecule has 2 aromatic rings. The summed E-state index contributed by atoms with van der Waals surface area (Å²) in [6.07, 6.45) is 1.62. The van der Waals surface area contributed by atoms with Crippen molar-refractivity contribution in [3.05, 3.63) is 30.1 Å². The minimum Gasteiger partial charge on any atom is -0.388 e. The number of hydrogen-bond acceptors (Lipinski definition) is 4. The minimum absolute atomic E-state index is 0.0967. The SMILES string of the molecule is NC(=O)Cc1nc2ccccc2n1CC1(O)CCSCC1. The second-order valence-electron chi connectivity index (χ2n) is 5.58. The van der Waals surface area contributed by atoms with Crippen molar-refractivity contribution >= 4 is 28.7 Å². The van der Waals surface area contributed by atoms with Crippen LogP contribution in [0.3, 0.4) is 0 Å². The lowest BCUT2D eigenvalue weighted by Gasteiger charge is -2.32. The monoisotopic (exact) mass is 305 g/mol. The number of para-hydroxylation sites is 2. The van der Waals surface area contributed by atoms with Crippen LogP contribution in [0.4, 0.5) is 0 Å². The van der Waals surface area contributed by atoms with Crippen molar-refractivity contribution in [1.29, 1.82) is 0 Å². The topological polar surface area (TPSA) is 81.1 Å². The Balaban J connectivity index is 2.00. The van der Waals surface area contributed by atoms with Crippen molar-refractivity contribution in [2.24, 2.45) is 5.73 Å². The van der Waals surface area contributed by atoms with Gasteiger partial charge < -0.3 is 15.4 Å². The van der Waals surface area contributed by atoms with E-state index >= 15 is 0 Å². The van der Waals surface area contributed by atoms with Gasteiger partial charge in [-0.25, -0.2) is 4.98 Å². The number of nitrogens with zero attached hydrogens (tertiary/aromatic N) is 2. The summed E-state index contributed by atoms with van der Waals surface area (Å²) in [5.74, 6) is 2.16.